The van der Waals surface area contributed by atoms with Gasteiger partial charge in [-0.25, -0.2) is 0 Å². The fraction of sp³-hybridized carbons (Fsp3) is 0.125. The molecule has 0 heterocycles. The summed E-state index contributed by atoms with van der Waals surface area (Å²) in [5.74, 6) is -0.120. The van der Waals surface area contributed by atoms with Crippen LogP contribution in [0.2, 0.25) is 5.02 Å². The predicted molar refractivity (Wildman–Crippen MR) is 79.6 cm³/mol. The van der Waals surface area contributed by atoms with Crippen molar-refractivity contribution in [2.45, 2.75) is 12.8 Å². The second-order valence-electron chi connectivity index (χ2n) is 4.34. The number of rotatable bonds is 4. The average Bonchev–Trinajstić information content (AvgIpc) is 2.48. The van der Waals surface area contributed by atoms with Gasteiger partial charge >= 0.3 is 0 Å². The lowest BCUT2D eigenvalue weighted by molar-refractivity contribution is -0.116. The van der Waals surface area contributed by atoms with E-state index in [4.69, 9.17) is 16.9 Å². The molecule has 100 valence electrons. The monoisotopic (exact) mass is 284 g/mol. The van der Waals surface area contributed by atoms with Crippen LogP contribution in [0.1, 0.15) is 17.5 Å². The van der Waals surface area contributed by atoms with Crippen molar-refractivity contribution in [3.63, 3.8) is 0 Å². The van der Waals surface area contributed by atoms with E-state index in [9.17, 15) is 4.79 Å². The van der Waals surface area contributed by atoms with Gasteiger partial charge in [-0.05, 0) is 30.2 Å². The second-order valence-corrected chi connectivity index (χ2v) is 4.75. The van der Waals surface area contributed by atoms with E-state index in [1.807, 2.05) is 36.4 Å². The van der Waals surface area contributed by atoms with Crippen LogP contribution >= 0.6 is 11.6 Å². The van der Waals surface area contributed by atoms with Gasteiger partial charge in [0.1, 0.15) is 0 Å². The van der Waals surface area contributed by atoms with Crippen LogP contribution < -0.4 is 5.32 Å². The van der Waals surface area contributed by atoms with Crippen LogP contribution in [0, 0.1) is 11.3 Å². The number of anilines is 1. The Morgan fingerprint density at radius 2 is 1.95 bits per heavy atom. The van der Waals surface area contributed by atoms with Gasteiger partial charge in [0, 0.05) is 6.42 Å². The first-order chi connectivity index (χ1) is 9.69. The number of aryl methyl sites for hydroxylation is 1. The molecule has 0 saturated heterocycles. The van der Waals surface area contributed by atoms with E-state index in [0.29, 0.717) is 29.1 Å². The number of carbonyl (C=O) groups excluding carboxylic acids is 1. The number of hydrogen-bond acceptors (Lipinski definition) is 2. The highest BCUT2D eigenvalue weighted by Crippen LogP contribution is 2.23. The number of carbonyl (C=O) groups is 1. The maximum atomic E-state index is 11.9. The third kappa shape index (κ3) is 3.84. The van der Waals surface area contributed by atoms with Crippen LogP contribution in [0.3, 0.4) is 0 Å². The average molecular weight is 285 g/mol. The molecule has 1 N–H and O–H groups in total. The minimum absolute atomic E-state index is 0.120. The van der Waals surface area contributed by atoms with Gasteiger partial charge in [0.2, 0.25) is 5.91 Å². The first kappa shape index (κ1) is 14.1. The largest absolute Gasteiger partial charge is 0.325 e. The molecule has 0 radical (unpaired) electrons. The molecule has 2 aromatic carbocycles. The highest BCUT2D eigenvalue weighted by Gasteiger charge is 2.07. The fourth-order valence-electron chi connectivity index (χ4n) is 1.81. The molecular formula is C16H13ClN2O. The van der Waals surface area contributed by atoms with Crippen molar-refractivity contribution in [2.24, 2.45) is 0 Å². The van der Waals surface area contributed by atoms with Gasteiger partial charge < -0.3 is 5.32 Å². The molecule has 0 aliphatic heterocycles. The number of hydrogen-bond donors (Lipinski definition) is 1. The summed E-state index contributed by atoms with van der Waals surface area (Å²) < 4.78 is 0. The van der Waals surface area contributed by atoms with Gasteiger partial charge in [-0.3, -0.25) is 4.79 Å². The molecule has 0 atom stereocenters. The van der Waals surface area contributed by atoms with E-state index in [1.165, 1.54) is 0 Å². The van der Waals surface area contributed by atoms with Gasteiger partial charge in [0.05, 0.1) is 22.3 Å². The third-order valence-electron chi connectivity index (χ3n) is 2.85. The van der Waals surface area contributed by atoms with E-state index in [0.717, 1.165) is 5.56 Å². The van der Waals surface area contributed by atoms with Crippen LogP contribution in [0.15, 0.2) is 48.5 Å². The number of halogens is 1. The van der Waals surface area contributed by atoms with E-state index < -0.39 is 0 Å². The maximum Gasteiger partial charge on any atom is 0.224 e. The lowest BCUT2D eigenvalue weighted by Gasteiger charge is -2.07. The molecule has 4 heteroatoms. The van der Waals surface area contributed by atoms with Gasteiger partial charge in [-0.2, -0.15) is 5.26 Å². The summed E-state index contributed by atoms with van der Waals surface area (Å²) in [6.07, 6.45) is 1.04. The molecule has 0 aromatic heterocycles. The minimum atomic E-state index is -0.120. The Bertz CT molecular complexity index is 647. The number of nitrogens with one attached hydrogen (secondary N) is 1. The second kappa shape index (κ2) is 6.74. The van der Waals surface area contributed by atoms with Crippen molar-refractivity contribution in [3.8, 4) is 6.07 Å². The first-order valence-electron chi connectivity index (χ1n) is 6.22. The van der Waals surface area contributed by atoms with Crippen LogP contribution in [-0.2, 0) is 11.2 Å². The van der Waals surface area contributed by atoms with Crippen molar-refractivity contribution >= 4 is 23.2 Å². The molecular weight excluding hydrogens is 272 g/mol. The van der Waals surface area contributed by atoms with Gasteiger partial charge in [0.15, 0.2) is 0 Å². The SMILES string of the molecule is N#Cc1ccc(Cl)c(NC(=O)CCc2ccccc2)c1. The van der Waals surface area contributed by atoms with Crippen LogP contribution in [0.5, 0.6) is 0 Å². The Hall–Kier alpha value is -2.31. The smallest absolute Gasteiger partial charge is 0.224 e. The van der Waals surface area contributed by atoms with Gasteiger partial charge in [0.25, 0.3) is 0 Å². The maximum absolute atomic E-state index is 11.9. The molecule has 0 aliphatic carbocycles. The normalized spacial score (nSPS) is 9.80. The standard InChI is InChI=1S/C16H13ClN2O/c17-14-8-6-13(11-18)10-15(14)19-16(20)9-7-12-4-2-1-3-5-12/h1-6,8,10H,7,9H2,(H,19,20). The molecule has 0 aliphatic rings. The molecule has 3 nitrogen and oxygen atoms in total. The summed E-state index contributed by atoms with van der Waals surface area (Å²) in [4.78, 5) is 11.9. The summed E-state index contributed by atoms with van der Waals surface area (Å²) in [6.45, 7) is 0. The summed E-state index contributed by atoms with van der Waals surface area (Å²) in [5, 5.41) is 12.0. The molecule has 2 aromatic rings. The van der Waals surface area contributed by atoms with E-state index in [2.05, 4.69) is 5.32 Å². The van der Waals surface area contributed by atoms with Gasteiger partial charge in [-0.1, -0.05) is 41.9 Å². The molecule has 0 saturated carbocycles. The van der Waals surface area contributed by atoms with E-state index >= 15 is 0 Å². The summed E-state index contributed by atoms with van der Waals surface area (Å²) >= 11 is 5.99. The van der Waals surface area contributed by atoms with Crippen molar-refractivity contribution in [2.75, 3.05) is 5.32 Å². The zero-order valence-corrected chi connectivity index (χ0v) is 11.5. The molecule has 1 amide bonds. The Morgan fingerprint density at radius 1 is 1.20 bits per heavy atom. The van der Waals surface area contributed by atoms with Crippen molar-refractivity contribution < 1.29 is 4.79 Å². The first-order valence-corrected chi connectivity index (χ1v) is 6.60. The highest BCUT2D eigenvalue weighted by molar-refractivity contribution is 6.33. The molecule has 0 spiro atoms. The topological polar surface area (TPSA) is 52.9 Å². The Morgan fingerprint density at radius 3 is 2.65 bits per heavy atom. The van der Waals surface area contributed by atoms with Crippen molar-refractivity contribution in [1.82, 2.24) is 0 Å². The Balaban J connectivity index is 1.97. The van der Waals surface area contributed by atoms with Crippen molar-refractivity contribution in [1.29, 1.82) is 5.26 Å². The Kier molecular flexibility index (Phi) is 4.75. The van der Waals surface area contributed by atoms with E-state index in [-0.39, 0.29) is 5.91 Å². The molecule has 0 bridgehead atoms. The molecule has 2 rings (SSSR count). The molecule has 20 heavy (non-hydrogen) atoms. The summed E-state index contributed by atoms with van der Waals surface area (Å²) in [6, 6.07) is 16.6. The van der Waals surface area contributed by atoms with Crippen molar-refractivity contribution in [3.05, 3.63) is 64.7 Å². The lowest BCUT2D eigenvalue weighted by Crippen LogP contribution is -2.12. The van der Waals surface area contributed by atoms with Crippen LogP contribution in [0.4, 0.5) is 5.69 Å². The number of nitrogens with zero attached hydrogens (tertiary/aromatic N) is 1. The van der Waals surface area contributed by atoms with Crippen LogP contribution in [0.25, 0.3) is 0 Å². The van der Waals surface area contributed by atoms with E-state index in [1.54, 1.807) is 18.2 Å². The van der Waals surface area contributed by atoms with Crippen LogP contribution in [-0.4, -0.2) is 5.91 Å². The zero-order valence-electron chi connectivity index (χ0n) is 10.8. The number of nitriles is 1. The lowest BCUT2D eigenvalue weighted by atomic mass is 10.1. The Labute approximate surface area is 122 Å². The zero-order chi connectivity index (χ0) is 14.4. The fourth-order valence-corrected chi connectivity index (χ4v) is 1.97. The quantitative estimate of drug-likeness (QED) is 0.929. The number of benzene rings is 2. The third-order valence-corrected chi connectivity index (χ3v) is 3.18. The number of amides is 1. The molecule has 0 unspecified atom stereocenters. The minimum Gasteiger partial charge on any atom is -0.325 e. The molecule has 0 fully saturated rings. The summed E-state index contributed by atoms with van der Waals surface area (Å²) in [5.41, 5.74) is 2.05. The highest BCUT2D eigenvalue weighted by atomic mass is 35.5. The summed E-state index contributed by atoms with van der Waals surface area (Å²) in [7, 11) is 0. The predicted octanol–water partition coefficient (Wildman–Crippen LogP) is 3.78. The van der Waals surface area contributed by atoms with Gasteiger partial charge in [-0.15, -0.1) is 0 Å².